The summed E-state index contributed by atoms with van der Waals surface area (Å²) in [6.45, 7) is 6.48. The van der Waals surface area contributed by atoms with Crippen molar-refractivity contribution >= 4 is 11.0 Å². The number of fused-ring (bicyclic) bond motifs is 1. The van der Waals surface area contributed by atoms with E-state index in [0.29, 0.717) is 28.0 Å². The molecule has 0 fully saturated rings. The molecular weight excluding hydrogens is 395 g/mol. The van der Waals surface area contributed by atoms with Gasteiger partial charge in [0.2, 0.25) is 11.2 Å². The number of ether oxygens (including phenoxy) is 2. The number of rotatable bonds is 5. The Morgan fingerprint density at radius 2 is 1.65 bits per heavy atom. The second-order valence-corrected chi connectivity index (χ2v) is 8.34. The van der Waals surface area contributed by atoms with Crippen LogP contribution in [0, 0.1) is 5.82 Å². The van der Waals surface area contributed by atoms with Gasteiger partial charge >= 0.3 is 0 Å². The number of hydrogen-bond donors (Lipinski definition) is 0. The molecule has 0 atom stereocenters. The molecule has 4 aromatic rings. The van der Waals surface area contributed by atoms with Crippen molar-refractivity contribution in [2.75, 3.05) is 0 Å². The highest BCUT2D eigenvalue weighted by Gasteiger charge is 2.14. The number of hydrogen-bond acceptors (Lipinski definition) is 4. The summed E-state index contributed by atoms with van der Waals surface area (Å²) in [5.74, 6) is 0.818. The zero-order valence-electron chi connectivity index (χ0n) is 17.6. The Bertz CT molecular complexity index is 1270. The Balaban J connectivity index is 1.53. The minimum Gasteiger partial charge on any atom is -0.489 e. The van der Waals surface area contributed by atoms with Gasteiger partial charge in [0.25, 0.3) is 0 Å². The van der Waals surface area contributed by atoms with Gasteiger partial charge in [-0.25, -0.2) is 4.39 Å². The van der Waals surface area contributed by atoms with Crippen LogP contribution in [-0.2, 0) is 12.0 Å². The fraction of sp³-hybridized carbons (Fsp3) is 0.192. The first-order valence-electron chi connectivity index (χ1n) is 10.0. The van der Waals surface area contributed by atoms with Crippen molar-refractivity contribution in [2.45, 2.75) is 32.8 Å². The molecule has 0 amide bonds. The predicted octanol–water partition coefficient (Wildman–Crippen LogP) is 6.60. The van der Waals surface area contributed by atoms with Gasteiger partial charge < -0.3 is 13.9 Å². The van der Waals surface area contributed by atoms with Crippen molar-refractivity contribution in [1.29, 1.82) is 0 Å². The summed E-state index contributed by atoms with van der Waals surface area (Å²) in [4.78, 5) is 12.8. The quantitative estimate of drug-likeness (QED) is 0.366. The number of benzene rings is 3. The summed E-state index contributed by atoms with van der Waals surface area (Å²) in [6, 6.07) is 18.9. The van der Waals surface area contributed by atoms with Gasteiger partial charge in [0.05, 0.1) is 5.39 Å². The molecule has 1 aromatic heterocycles. The third-order valence-corrected chi connectivity index (χ3v) is 5.01. The third-order valence-electron chi connectivity index (χ3n) is 5.01. The van der Waals surface area contributed by atoms with E-state index in [1.165, 1.54) is 17.9 Å². The summed E-state index contributed by atoms with van der Waals surface area (Å²) in [6.07, 6.45) is 1.29. The van der Waals surface area contributed by atoms with Crippen LogP contribution >= 0.6 is 0 Å². The smallest absolute Gasteiger partial charge is 0.235 e. The molecule has 31 heavy (non-hydrogen) atoms. The van der Waals surface area contributed by atoms with Gasteiger partial charge in [-0.1, -0.05) is 51.1 Å². The standard InChI is InChI=1S/C26H23FO4/c1-26(2,3)18-8-10-19(11-9-18)31-24-16-30-23-14-20(12-13-21(23)25(24)28)29-15-17-6-4-5-7-22(17)27/h4-14,16H,15H2,1-3H3. The molecule has 5 heteroatoms. The van der Waals surface area contributed by atoms with Gasteiger partial charge in [-0.15, -0.1) is 0 Å². The van der Waals surface area contributed by atoms with Crippen molar-refractivity contribution in [2.24, 2.45) is 0 Å². The molecular formula is C26H23FO4. The van der Waals surface area contributed by atoms with Gasteiger partial charge in [-0.05, 0) is 41.3 Å². The summed E-state index contributed by atoms with van der Waals surface area (Å²) in [7, 11) is 0. The maximum atomic E-state index is 13.7. The zero-order valence-corrected chi connectivity index (χ0v) is 17.6. The normalized spacial score (nSPS) is 11.5. The lowest BCUT2D eigenvalue weighted by atomic mass is 9.87. The van der Waals surface area contributed by atoms with Gasteiger partial charge in [0.1, 0.15) is 35.8 Å². The Labute approximate surface area is 179 Å². The molecule has 0 aliphatic heterocycles. The Hall–Kier alpha value is -3.60. The van der Waals surface area contributed by atoms with E-state index in [1.54, 1.807) is 36.4 Å². The van der Waals surface area contributed by atoms with E-state index in [4.69, 9.17) is 13.9 Å². The van der Waals surface area contributed by atoms with E-state index < -0.39 is 0 Å². The molecule has 4 nitrogen and oxygen atoms in total. The lowest BCUT2D eigenvalue weighted by Gasteiger charge is -2.19. The number of halogens is 1. The first-order chi connectivity index (χ1) is 14.8. The SMILES string of the molecule is CC(C)(C)c1ccc(Oc2coc3cc(OCc4ccccc4F)ccc3c2=O)cc1. The van der Waals surface area contributed by atoms with Crippen molar-refractivity contribution < 1.29 is 18.3 Å². The van der Waals surface area contributed by atoms with Crippen molar-refractivity contribution in [1.82, 2.24) is 0 Å². The molecule has 1 heterocycles. The van der Waals surface area contributed by atoms with Crippen LogP contribution in [0.1, 0.15) is 31.9 Å². The van der Waals surface area contributed by atoms with Gasteiger partial charge in [0, 0.05) is 11.6 Å². The first-order valence-corrected chi connectivity index (χ1v) is 10.0. The fourth-order valence-corrected chi connectivity index (χ4v) is 3.18. The van der Waals surface area contributed by atoms with Crippen LogP contribution in [0.2, 0.25) is 0 Å². The molecule has 0 spiro atoms. The lowest BCUT2D eigenvalue weighted by Crippen LogP contribution is -2.10. The van der Waals surface area contributed by atoms with Gasteiger partial charge in [-0.3, -0.25) is 4.79 Å². The molecule has 0 saturated carbocycles. The van der Waals surface area contributed by atoms with Gasteiger partial charge in [-0.2, -0.15) is 0 Å². The first kappa shape index (κ1) is 20.7. The summed E-state index contributed by atoms with van der Waals surface area (Å²) < 4.78 is 30.8. The Morgan fingerprint density at radius 3 is 2.35 bits per heavy atom. The summed E-state index contributed by atoms with van der Waals surface area (Å²) >= 11 is 0. The molecule has 158 valence electrons. The minimum absolute atomic E-state index is 0.0343. The zero-order chi connectivity index (χ0) is 22.0. The molecule has 0 N–H and O–H groups in total. The second kappa shape index (κ2) is 8.26. The molecule has 3 aromatic carbocycles. The minimum atomic E-state index is -0.327. The van der Waals surface area contributed by atoms with Crippen molar-refractivity contribution in [3.63, 3.8) is 0 Å². The van der Waals surface area contributed by atoms with Crippen LogP contribution in [0.5, 0.6) is 17.2 Å². The van der Waals surface area contributed by atoms with Crippen LogP contribution in [-0.4, -0.2) is 0 Å². The van der Waals surface area contributed by atoms with Crippen molar-refractivity contribution in [3.8, 4) is 17.2 Å². The fourth-order valence-electron chi connectivity index (χ4n) is 3.18. The highest BCUT2D eigenvalue weighted by atomic mass is 19.1. The largest absolute Gasteiger partial charge is 0.489 e. The van der Waals surface area contributed by atoms with E-state index in [2.05, 4.69) is 20.8 Å². The molecule has 0 radical (unpaired) electrons. The van der Waals surface area contributed by atoms with Gasteiger partial charge in [0.15, 0.2) is 0 Å². The summed E-state index contributed by atoms with van der Waals surface area (Å²) in [5.41, 5.74) is 1.75. The van der Waals surface area contributed by atoms with Crippen LogP contribution in [0.4, 0.5) is 4.39 Å². The summed E-state index contributed by atoms with van der Waals surface area (Å²) in [5, 5.41) is 0.377. The lowest BCUT2D eigenvalue weighted by molar-refractivity contribution is 0.300. The van der Waals surface area contributed by atoms with E-state index in [9.17, 15) is 9.18 Å². The molecule has 4 rings (SSSR count). The van der Waals surface area contributed by atoms with Crippen molar-refractivity contribution in [3.05, 3.63) is 100 Å². The second-order valence-electron chi connectivity index (χ2n) is 8.34. The van der Waals surface area contributed by atoms with E-state index in [-0.39, 0.29) is 29.0 Å². The van der Waals surface area contributed by atoms with E-state index >= 15 is 0 Å². The predicted molar refractivity (Wildman–Crippen MR) is 118 cm³/mol. The van der Waals surface area contributed by atoms with Crippen LogP contribution < -0.4 is 14.9 Å². The third kappa shape index (κ3) is 4.61. The van der Waals surface area contributed by atoms with Crippen LogP contribution in [0.3, 0.4) is 0 Å². The van der Waals surface area contributed by atoms with E-state index in [0.717, 1.165) is 0 Å². The van der Waals surface area contributed by atoms with Crippen LogP contribution in [0.25, 0.3) is 11.0 Å². The maximum absolute atomic E-state index is 13.7. The topological polar surface area (TPSA) is 48.7 Å². The van der Waals surface area contributed by atoms with E-state index in [1.807, 2.05) is 24.3 Å². The average molecular weight is 418 g/mol. The monoisotopic (exact) mass is 418 g/mol. The molecule has 0 bridgehead atoms. The Morgan fingerprint density at radius 1 is 0.935 bits per heavy atom. The highest BCUT2D eigenvalue weighted by Crippen LogP contribution is 2.27. The molecule has 0 saturated heterocycles. The maximum Gasteiger partial charge on any atom is 0.235 e. The highest BCUT2D eigenvalue weighted by molar-refractivity contribution is 5.79. The molecule has 0 aliphatic carbocycles. The average Bonchev–Trinajstić information content (AvgIpc) is 2.75. The van der Waals surface area contributed by atoms with Crippen LogP contribution in [0.15, 0.2) is 82.2 Å². The molecule has 0 aliphatic rings. The Kier molecular flexibility index (Phi) is 5.51. The molecule has 0 unspecified atom stereocenters.